The largest absolute Gasteiger partial charge is 0.484 e. The van der Waals surface area contributed by atoms with E-state index in [1.807, 2.05) is 6.92 Å². The minimum atomic E-state index is -0.488. The van der Waals surface area contributed by atoms with Crippen LogP contribution in [0, 0.1) is 0 Å². The van der Waals surface area contributed by atoms with Gasteiger partial charge in [0.1, 0.15) is 5.75 Å². The second-order valence-corrected chi connectivity index (χ2v) is 3.49. The van der Waals surface area contributed by atoms with Gasteiger partial charge in [-0.1, -0.05) is 12.1 Å². The predicted octanol–water partition coefficient (Wildman–Crippen LogP) is 1.25. The number of aliphatic hydroxyl groups is 1. The van der Waals surface area contributed by atoms with E-state index >= 15 is 0 Å². The van der Waals surface area contributed by atoms with Crippen LogP contribution in [0.2, 0.25) is 0 Å². The zero-order chi connectivity index (χ0) is 12.0. The molecule has 0 bridgehead atoms. The minimum absolute atomic E-state index is 0.0157. The van der Waals surface area contributed by atoms with E-state index in [0.29, 0.717) is 12.3 Å². The van der Waals surface area contributed by atoms with Crippen LogP contribution in [-0.2, 0) is 4.79 Å². The molecule has 1 amide bonds. The number of rotatable bonds is 5. The Bertz CT molecular complexity index is 333. The summed E-state index contributed by atoms with van der Waals surface area (Å²) in [5.41, 5.74) is 0.824. The van der Waals surface area contributed by atoms with Crippen LogP contribution in [0.25, 0.3) is 0 Å². The number of likely N-dealkylation sites (N-methyl/N-ethyl adjacent to an activating group) is 1. The van der Waals surface area contributed by atoms with E-state index in [-0.39, 0.29) is 12.5 Å². The van der Waals surface area contributed by atoms with Crippen LogP contribution in [0.3, 0.4) is 0 Å². The Morgan fingerprint density at radius 2 is 2.06 bits per heavy atom. The molecule has 4 heteroatoms. The molecule has 0 unspecified atom stereocenters. The van der Waals surface area contributed by atoms with Gasteiger partial charge < -0.3 is 15.2 Å². The highest BCUT2D eigenvalue weighted by atomic mass is 16.5. The smallest absolute Gasteiger partial charge is 0.257 e. The van der Waals surface area contributed by atoms with Crippen molar-refractivity contribution in [3.63, 3.8) is 0 Å². The first-order chi connectivity index (χ1) is 7.63. The number of amides is 1. The molecule has 16 heavy (non-hydrogen) atoms. The number of ether oxygens (including phenoxy) is 1. The van der Waals surface area contributed by atoms with Gasteiger partial charge in [0, 0.05) is 6.54 Å². The fraction of sp³-hybridized carbons (Fsp3) is 0.417. The SMILES string of the molecule is CCNC(=O)COc1ccc([C@@H](C)O)cc1. The van der Waals surface area contributed by atoms with Gasteiger partial charge >= 0.3 is 0 Å². The molecule has 0 aliphatic rings. The first kappa shape index (κ1) is 12.5. The molecule has 0 spiro atoms. The Morgan fingerprint density at radius 3 is 2.56 bits per heavy atom. The van der Waals surface area contributed by atoms with Gasteiger partial charge in [0.15, 0.2) is 6.61 Å². The average Bonchev–Trinajstić information content (AvgIpc) is 2.27. The number of hydrogen-bond acceptors (Lipinski definition) is 3. The maximum absolute atomic E-state index is 11.1. The Hall–Kier alpha value is -1.55. The molecule has 0 saturated heterocycles. The summed E-state index contributed by atoms with van der Waals surface area (Å²) in [4.78, 5) is 11.1. The van der Waals surface area contributed by atoms with E-state index < -0.39 is 6.10 Å². The minimum Gasteiger partial charge on any atom is -0.484 e. The summed E-state index contributed by atoms with van der Waals surface area (Å²) in [6, 6.07) is 7.03. The highest BCUT2D eigenvalue weighted by Gasteiger charge is 2.03. The van der Waals surface area contributed by atoms with Crippen molar-refractivity contribution in [2.45, 2.75) is 20.0 Å². The molecule has 0 saturated carbocycles. The van der Waals surface area contributed by atoms with E-state index in [1.54, 1.807) is 31.2 Å². The molecule has 88 valence electrons. The van der Waals surface area contributed by atoms with Crippen LogP contribution >= 0.6 is 0 Å². The maximum atomic E-state index is 11.1. The van der Waals surface area contributed by atoms with Crippen LogP contribution < -0.4 is 10.1 Å². The standard InChI is InChI=1S/C12H17NO3/c1-3-13-12(15)8-16-11-6-4-10(5-7-11)9(2)14/h4-7,9,14H,3,8H2,1-2H3,(H,13,15)/t9-/m1/s1. The Morgan fingerprint density at radius 1 is 1.44 bits per heavy atom. The van der Waals surface area contributed by atoms with Crippen LogP contribution in [0.5, 0.6) is 5.75 Å². The van der Waals surface area contributed by atoms with Gasteiger partial charge in [-0.05, 0) is 31.5 Å². The molecule has 2 N–H and O–H groups in total. The summed E-state index contributed by atoms with van der Waals surface area (Å²) < 4.78 is 5.26. The molecule has 0 aliphatic carbocycles. The molecule has 1 rings (SSSR count). The monoisotopic (exact) mass is 223 g/mol. The third-order valence-corrected chi connectivity index (χ3v) is 2.11. The summed E-state index contributed by atoms with van der Waals surface area (Å²) in [5.74, 6) is 0.484. The molecule has 1 aromatic carbocycles. The predicted molar refractivity (Wildman–Crippen MR) is 61.3 cm³/mol. The lowest BCUT2D eigenvalue weighted by atomic mass is 10.1. The third-order valence-electron chi connectivity index (χ3n) is 2.11. The van der Waals surface area contributed by atoms with Crippen LogP contribution in [-0.4, -0.2) is 24.2 Å². The van der Waals surface area contributed by atoms with Crippen molar-refractivity contribution in [3.8, 4) is 5.75 Å². The van der Waals surface area contributed by atoms with E-state index in [2.05, 4.69) is 5.32 Å². The topological polar surface area (TPSA) is 58.6 Å². The average molecular weight is 223 g/mol. The van der Waals surface area contributed by atoms with Crippen molar-refractivity contribution in [2.75, 3.05) is 13.2 Å². The van der Waals surface area contributed by atoms with E-state index in [1.165, 1.54) is 0 Å². The van der Waals surface area contributed by atoms with Crippen LogP contribution in [0.1, 0.15) is 25.5 Å². The maximum Gasteiger partial charge on any atom is 0.257 e. The highest BCUT2D eigenvalue weighted by Crippen LogP contribution is 2.16. The Labute approximate surface area is 95.2 Å². The van der Waals surface area contributed by atoms with E-state index in [9.17, 15) is 9.90 Å². The lowest BCUT2D eigenvalue weighted by Crippen LogP contribution is -2.28. The molecule has 1 aromatic rings. The number of benzene rings is 1. The first-order valence-electron chi connectivity index (χ1n) is 5.31. The van der Waals surface area contributed by atoms with Gasteiger partial charge in [-0.25, -0.2) is 0 Å². The number of carbonyl (C=O) groups is 1. The molecular formula is C12H17NO3. The number of nitrogens with one attached hydrogen (secondary N) is 1. The van der Waals surface area contributed by atoms with Crippen LogP contribution in [0.15, 0.2) is 24.3 Å². The van der Waals surface area contributed by atoms with Crippen molar-refractivity contribution in [3.05, 3.63) is 29.8 Å². The van der Waals surface area contributed by atoms with Gasteiger partial charge in [0.05, 0.1) is 6.10 Å². The van der Waals surface area contributed by atoms with Crippen molar-refractivity contribution in [1.29, 1.82) is 0 Å². The second-order valence-electron chi connectivity index (χ2n) is 3.49. The third kappa shape index (κ3) is 3.90. The summed E-state index contributed by atoms with van der Waals surface area (Å²) in [6.07, 6.45) is -0.488. The molecule has 0 aliphatic heterocycles. The zero-order valence-corrected chi connectivity index (χ0v) is 9.56. The fourth-order valence-corrected chi connectivity index (χ4v) is 1.24. The van der Waals surface area contributed by atoms with E-state index in [0.717, 1.165) is 5.56 Å². The molecular weight excluding hydrogens is 206 g/mol. The second kappa shape index (κ2) is 6.12. The van der Waals surface area contributed by atoms with Crippen molar-refractivity contribution >= 4 is 5.91 Å². The van der Waals surface area contributed by atoms with Gasteiger partial charge in [0.25, 0.3) is 5.91 Å². The summed E-state index contributed by atoms with van der Waals surface area (Å²) >= 11 is 0. The highest BCUT2D eigenvalue weighted by molar-refractivity contribution is 5.77. The van der Waals surface area contributed by atoms with Gasteiger partial charge in [-0.3, -0.25) is 4.79 Å². The van der Waals surface area contributed by atoms with Gasteiger partial charge in [-0.2, -0.15) is 0 Å². The van der Waals surface area contributed by atoms with Crippen LogP contribution in [0.4, 0.5) is 0 Å². The molecule has 0 fully saturated rings. The summed E-state index contributed by atoms with van der Waals surface area (Å²) in [7, 11) is 0. The van der Waals surface area contributed by atoms with E-state index in [4.69, 9.17) is 4.74 Å². The molecule has 4 nitrogen and oxygen atoms in total. The van der Waals surface area contributed by atoms with Crippen molar-refractivity contribution in [1.82, 2.24) is 5.32 Å². The number of hydrogen-bond donors (Lipinski definition) is 2. The molecule has 1 atom stereocenters. The Kier molecular flexibility index (Phi) is 4.79. The number of aliphatic hydroxyl groups excluding tert-OH is 1. The molecule has 0 heterocycles. The quantitative estimate of drug-likeness (QED) is 0.790. The molecule has 0 radical (unpaired) electrons. The zero-order valence-electron chi connectivity index (χ0n) is 9.56. The normalized spacial score (nSPS) is 11.9. The van der Waals surface area contributed by atoms with Crippen molar-refractivity contribution in [2.24, 2.45) is 0 Å². The summed E-state index contributed by atoms with van der Waals surface area (Å²) in [5, 5.41) is 11.9. The molecule has 0 aromatic heterocycles. The van der Waals surface area contributed by atoms with Crippen molar-refractivity contribution < 1.29 is 14.6 Å². The lowest BCUT2D eigenvalue weighted by Gasteiger charge is -2.08. The fourth-order valence-electron chi connectivity index (χ4n) is 1.24. The lowest BCUT2D eigenvalue weighted by molar-refractivity contribution is -0.122. The first-order valence-corrected chi connectivity index (χ1v) is 5.31. The summed E-state index contributed by atoms with van der Waals surface area (Å²) in [6.45, 7) is 4.17. The van der Waals surface area contributed by atoms with Gasteiger partial charge in [0.2, 0.25) is 0 Å². The number of carbonyl (C=O) groups excluding carboxylic acids is 1. The van der Waals surface area contributed by atoms with Gasteiger partial charge in [-0.15, -0.1) is 0 Å². The Balaban J connectivity index is 2.46.